The summed E-state index contributed by atoms with van der Waals surface area (Å²) in [6.45, 7) is 2.32. The van der Waals surface area contributed by atoms with Crippen molar-refractivity contribution in [1.29, 1.82) is 0 Å². The van der Waals surface area contributed by atoms with Crippen LogP contribution in [-0.4, -0.2) is 25.4 Å². The summed E-state index contributed by atoms with van der Waals surface area (Å²) in [5.74, 6) is 0. The van der Waals surface area contributed by atoms with E-state index in [2.05, 4.69) is 15.0 Å². The molecule has 0 aromatic carbocycles. The molecular weight excluding hydrogens is 160 g/mol. The van der Waals surface area contributed by atoms with E-state index in [1.807, 2.05) is 6.92 Å². The summed E-state index contributed by atoms with van der Waals surface area (Å²) >= 11 is 0. The lowest BCUT2D eigenvalue weighted by Gasteiger charge is -2.02. The Labute approximate surface area is 70.8 Å². The maximum absolute atomic E-state index is 10.7. The second-order valence-electron chi connectivity index (χ2n) is 2.07. The molecule has 0 aliphatic carbocycles. The van der Waals surface area contributed by atoms with E-state index in [1.165, 1.54) is 6.08 Å². The highest BCUT2D eigenvalue weighted by Crippen LogP contribution is 1.87. The van der Waals surface area contributed by atoms with Crippen LogP contribution in [0.3, 0.4) is 0 Å². The molecule has 12 heavy (non-hydrogen) atoms. The first-order valence-electron chi connectivity index (χ1n) is 3.75. The summed E-state index contributed by atoms with van der Waals surface area (Å²) in [4.78, 5) is 23.4. The number of nitrogens with one attached hydrogen (secondary N) is 1. The highest BCUT2D eigenvalue weighted by Gasteiger charge is 1.97. The maximum Gasteiger partial charge on any atom is 0.408 e. The highest BCUT2D eigenvalue weighted by molar-refractivity contribution is 5.67. The molecule has 0 radical (unpaired) electrons. The van der Waals surface area contributed by atoms with E-state index in [9.17, 15) is 9.59 Å². The van der Waals surface area contributed by atoms with Crippen LogP contribution in [0.25, 0.3) is 0 Å². The molecule has 0 atom stereocenters. The Kier molecular flexibility index (Phi) is 6.88. The van der Waals surface area contributed by atoms with Gasteiger partial charge in [-0.1, -0.05) is 13.3 Å². The maximum atomic E-state index is 10.7. The van der Waals surface area contributed by atoms with Gasteiger partial charge in [-0.25, -0.2) is 9.59 Å². The molecule has 0 saturated heterocycles. The zero-order valence-electron chi connectivity index (χ0n) is 7.00. The molecule has 0 bridgehead atoms. The van der Waals surface area contributed by atoms with Crippen LogP contribution in [0.1, 0.15) is 19.8 Å². The van der Waals surface area contributed by atoms with E-state index in [-0.39, 0.29) is 6.67 Å². The number of unbranched alkanes of at least 4 members (excludes halogenated alkanes) is 1. The first-order chi connectivity index (χ1) is 5.81. The second-order valence-corrected chi connectivity index (χ2v) is 2.07. The fraction of sp³-hybridized carbons (Fsp3) is 0.714. The highest BCUT2D eigenvalue weighted by atomic mass is 16.5. The van der Waals surface area contributed by atoms with Crippen LogP contribution in [0.4, 0.5) is 4.79 Å². The van der Waals surface area contributed by atoms with Crippen LogP contribution in [0.2, 0.25) is 0 Å². The van der Waals surface area contributed by atoms with Gasteiger partial charge >= 0.3 is 6.09 Å². The van der Waals surface area contributed by atoms with E-state index in [4.69, 9.17) is 0 Å². The molecule has 1 N–H and O–H groups in total. The number of hydrogen-bond acceptors (Lipinski definition) is 4. The van der Waals surface area contributed by atoms with Crippen molar-refractivity contribution < 1.29 is 14.3 Å². The molecule has 5 nitrogen and oxygen atoms in total. The van der Waals surface area contributed by atoms with Crippen molar-refractivity contribution in [1.82, 2.24) is 5.32 Å². The van der Waals surface area contributed by atoms with Crippen LogP contribution < -0.4 is 5.32 Å². The van der Waals surface area contributed by atoms with Gasteiger partial charge in [-0.3, -0.25) is 0 Å². The SMILES string of the molecule is CCCCOC(=O)NCN=C=O. The normalized spacial score (nSPS) is 8.42. The summed E-state index contributed by atoms with van der Waals surface area (Å²) in [6, 6.07) is 0. The summed E-state index contributed by atoms with van der Waals surface area (Å²) < 4.78 is 4.69. The summed E-state index contributed by atoms with van der Waals surface area (Å²) in [5, 5.41) is 2.25. The number of aliphatic imine (C=N–C) groups is 1. The van der Waals surface area contributed by atoms with Crippen molar-refractivity contribution in [2.75, 3.05) is 13.3 Å². The molecule has 0 aromatic rings. The smallest absolute Gasteiger partial charge is 0.408 e. The van der Waals surface area contributed by atoms with E-state index in [1.54, 1.807) is 0 Å². The summed E-state index contributed by atoms with van der Waals surface area (Å²) in [7, 11) is 0. The van der Waals surface area contributed by atoms with Crippen molar-refractivity contribution in [2.24, 2.45) is 4.99 Å². The van der Waals surface area contributed by atoms with Crippen LogP contribution in [0.15, 0.2) is 4.99 Å². The Morgan fingerprint density at radius 3 is 3.00 bits per heavy atom. The molecular formula is C7H12N2O3. The third-order valence-electron chi connectivity index (χ3n) is 1.10. The fourth-order valence-corrected chi connectivity index (χ4v) is 0.497. The lowest BCUT2D eigenvalue weighted by molar-refractivity contribution is 0.145. The summed E-state index contributed by atoms with van der Waals surface area (Å²) in [6.07, 6.45) is 2.55. The van der Waals surface area contributed by atoms with Crippen LogP contribution in [-0.2, 0) is 9.53 Å². The van der Waals surface area contributed by atoms with E-state index >= 15 is 0 Å². The number of alkyl carbamates (subject to hydrolysis) is 1. The largest absolute Gasteiger partial charge is 0.450 e. The van der Waals surface area contributed by atoms with Crippen LogP contribution in [0, 0.1) is 0 Å². The molecule has 0 aliphatic heterocycles. The van der Waals surface area contributed by atoms with E-state index in [0.29, 0.717) is 6.61 Å². The molecule has 0 unspecified atom stereocenters. The minimum atomic E-state index is -0.553. The first-order valence-corrected chi connectivity index (χ1v) is 3.75. The molecule has 5 heteroatoms. The van der Waals surface area contributed by atoms with Gasteiger partial charge in [-0.15, -0.1) is 0 Å². The van der Waals surface area contributed by atoms with Crippen molar-refractivity contribution >= 4 is 12.2 Å². The quantitative estimate of drug-likeness (QED) is 0.379. The Morgan fingerprint density at radius 2 is 2.42 bits per heavy atom. The van der Waals surface area contributed by atoms with Crippen molar-refractivity contribution in [3.63, 3.8) is 0 Å². The molecule has 68 valence electrons. The third kappa shape index (κ3) is 6.77. The average Bonchev–Trinajstić information content (AvgIpc) is 2.06. The predicted octanol–water partition coefficient (Wildman–Crippen LogP) is 0.806. The predicted molar refractivity (Wildman–Crippen MR) is 42.4 cm³/mol. The molecule has 0 fully saturated rings. The van der Waals surface area contributed by atoms with Crippen molar-refractivity contribution in [3.05, 3.63) is 0 Å². The molecule has 0 spiro atoms. The van der Waals surface area contributed by atoms with Gasteiger partial charge < -0.3 is 10.1 Å². The number of rotatable bonds is 5. The minimum absolute atomic E-state index is 0.0749. The van der Waals surface area contributed by atoms with Gasteiger partial charge in [0.25, 0.3) is 0 Å². The zero-order chi connectivity index (χ0) is 9.23. The third-order valence-corrected chi connectivity index (χ3v) is 1.10. The lowest BCUT2D eigenvalue weighted by atomic mass is 10.4. The number of ether oxygens (including phenoxy) is 1. The van der Waals surface area contributed by atoms with Gasteiger partial charge in [0.2, 0.25) is 6.08 Å². The fourth-order valence-electron chi connectivity index (χ4n) is 0.497. The van der Waals surface area contributed by atoms with Crippen LogP contribution >= 0.6 is 0 Å². The van der Waals surface area contributed by atoms with Crippen molar-refractivity contribution in [3.8, 4) is 0 Å². The standard InChI is InChI=1S/C7H12N2O3/c1-2-3-4-12-7(11)9-5-8-6-10/h2-5H2,1H3,(H,9,11). The lowest BCUT2D eigenvalue weighted by Crippen LogP contribution is -2.24. The first kappa shape index (κ1) is 10.7. The van der Waals surface area contributed by atoms with E-state index < -0.39 is 6.09 Å². The number of hydrogen-bond donors (Lipinski definition) is 1. The van der Waals surface area contributed by atoms with Gasteiger partial charge in [-0.05, 0) is 6.42 Å². The second kappa shape index (κ2) is 7.75. The number of carbonyl (C=O) groups is 1. The molecule has 1 amide bonds. The van der Waals surface area contributed by atoms with Gasteiger partial charge in [-0.2, -0.15) is 4.99 Å². The molecule has 0 rings (SSSR count). The Bertz CT molecular complexity index is 175. The Balaban J connectivity index is 3.27. The number of amides is 1. The Hall–Kier alpha value is -1.35. The molecule has 0 aliphatic rings. The molecule has 0 heterocycles. The number of carbonyl (C=O) groups excluding carboxylic acids is 2. The van der Waals surface area contributed by atoms with Gasteiger partial charge in [0.15, 0.2) is 0 Å². The molecule has 0 saturated carbocycles. The van der Waals surface area contributed by atoms with Gasteiger partial charge in [0.05, 0.1) is 6.61 Å². The molecule has 0 aromatic heterocycles. The average molecular weight is 172 g/mol. The van der Waals surface area contributed by atoms with E-state index in [0.717, 1.165) is 12.8 Å². The van der Waals surface area contributed by atoms with Gasteiger partial charge in [0, 0.05) is 0 Å². The summed E-state index contributed by atoms with van der Waals surface area (Å²) in [5.41, 5.74) is 0. The van der Waals surface area contributed by atoms with Crippen LogP contribution in [0.5, 0.6) is 0 Å². The van der Waals surface area contributed by atoms with Crippen molar-refractivity contribution in [2.45, 2.75) is 19.8 Å². The minimum Gasteiger partial charge on any atom is -0.450 e. The number of isocyanates is 1. The topological polar surface area (TPSA) is 67.8 Å². The van der Waals surface area contributed by atoms with Gasteiger partial charge in [0.1, 0.15) is 6.67 Å². The Morgan fingerprint density at radius 1 is 1.67 bits per heavy atom. The monoisotopic (exact) mass is 172 g/mol. The number of nitrogens with zero attached hydrogens (tertiary/aromatic N) is 1. The zero-order valence-corrected chi connectivity index (χ0v) is 7.00.